The quantitative estimate of drug-likeness (QED) is 0.581. The van der Waals surface area contributed by atoms with Gasteiger partial charge >= 0.3 is 11.9 Å². The number of methoxy groups -OCH3 is 2. The van der Waals surface area contributed by atoms with E-state index >= 15 is 0 Å². The molecule has 3 rings (SSSR count). The van der Waals surface area contributed by atoms with Gasteiger partial charge in [0, 0.05) is 65.4 Å². The Labute approximate surface area is 200 Å². The van der Waals surface area contributed by atoms with Crippen LogP contribution in [0, 0.1) is 0 Å². The molecule has 0 saturated carbocycles. The van der Waals surface area contributed by atoms with E-state index in [9.17, 15) is 9.59 Å². The Hall–Kier alpha value is -2.92. The summed E-state index contributed by atoms with van der Waals surface area (Å²) in [7, 11) is 2.73. The molecule has 0 amide bonds. The monoisotopic (exact) mass is 470 g/mol. The molecule has 1 aliphatic rings. The van der Waals surface area contributed by atoms with Crippen molar-refractivity contribution in [1.82, 2.24) is 30.4 Å². The lowest BCUT2D eigenvalue weighted by atomic mass is 10.2. The summed E-state index contributed by atoms with van der Waals surface area (Å²) in [6.45, 7) is 8.21. The van der Waals surface area contributed by atoms with Gasteiger partial charge in [-0.15, -0.1) is 0 Å². The molecule has 0 spiro atoms. The summed E-state index contributed by atoms with van der Waals surface area (Å²) in [5, 5.41) is 7.04. The van der Waals surface area contributed by atoms with Gasteiger partial charge in [0.25, 0.3) is 0 Å². The molecule has 2 aromatic rings. The molecule has 1 saturated heterocycles. The summed E-state index contributed by atoms with van der Waals surface area (Å²) in [6.07, 6.45) is 0. The summed E-state index contributed by atoms with van der Waals surface area (Å²) < 4.78 is 9.56. The highest BCUT2D eigenvalue weighted by atomic mass is 16.5. The van der Waals surface area contributed by atoms with Crippen LogP contribution in [0.25, 0.3) is 0 Å². The molecule has 10 heteroatoms. The summed E-state index contributed by atoms with van der Waals surface area (Å²) in [5.74, 6) is -0.841. The fraction of sp³-hybridized carbons (Fsp3) is 0.500. The first-order chi connectivity index (χ1) is 16.6. The van der Waals surface area contributed by atoms with Crippen molar-refractivity contribution < 1.29 is 19.1 Å². The van der Waals surface area contributed by atoms with Gasteiger partial charge in [-0.2, -0.15) is 0 Å². The Balaban J connectivity index is 1.51. The number of nitrogens with one attached hydrogen (secondary N) is 2. The molecule has 0 bridgehead atoms. The lowest BCUT2D eigenvalue weighted by Crippen LogP contribution is -2.43. The van der Waals surface area contributed by atoms with Crippen molar-refractivity contribution in [3.05, 3.63) is 59.2 Å². The maximum atomic E-state index is 11.8. The van der Waals surface area contributed by atoms with E-state index < -0.39 is 11.9 Å². The van der Waals surface area contributed by atoms with Gasteiger partial charge < -0.3 is 20.1 Å². The molecule has 1 fully saturated rings. The zero-order chi connectivity index (χ0) is 24.2. The van der Waals surface area contributed by atoms with Crippen LogP contribution in [0.1, 0.15) is 32.4 Å². The second kappa shape index (κ2) is 13.7. The second-order valence-electron chi connectivity index (χ2n) is 8.06. The highest BCUT2D eigenvalue weighted by Gasteiger charge is 2.14. The number of pyridine rings is 2. The van der Waals surface area contributed by atoms with Gasteiger partial charge in [0.15, 0.2) is 0 Å². The van der Waals surface area contributed by atoms with E-state index in [1.54, 1.807) is 12.1 Å². The number of aromatic nitrogens is 2. The molecule has 34 heavy (non-hydrogen) atoms. The summed E-state index contributed by atoms with van der Waals surface area (Å²) in [4.78, 5) is 37.1. The van der Waals surface area contributed by atoms with Crippen molar-refractivity contribution in [1.29, 1.82) is 0 Å². The predicted molar refractivity (Wildman–Crippen MR) is 127 cm³/mol. The number of ether oxygens (including phenoxy) is 2. The zero-order valence-electron chi connectivity index (χ0n) is 20.0. The molecule has 184 valence electrons. The maximum Gasteiger partial charge on any atom is 0.356 e. The van der Waals surface area contributed by atoms with E-state index in [-0.39, 0.29) is 0 Å². The van der Waals surface area contributed by atoms with Crippen molar-refractivity contribution in [2.24, 2.45) is 0 Å². The highest BCUT2D eigenvalue weighted by Crippen LogP contribution is 2.07. The fourth-order valence-electron chi connectivity index (χ4n) is 3.77. The normalized spacial score (nSPS) is 16.8. The first-order valence-electron chi connectivity index (χ1n) is 11.5. The van der Waals surface area contributed by atoms with E-state index in [1.165, 1.54) is 14.2 Å². The van der Waals surface area contributed by atoms with Crippen molar-refractivity contribution >= 4 is 11.9 Å². The van der Waals surface area contributed by atoms with Gasteiger partial charge in [0.2, 0.25) is 0 Å². The number of esters is 2. The van der Waals surface area contributed by atoms with Crippen molar-refractivity contribution in [2.45, 2.75) is 13.1 Å². The predicted octanol–water partition coefficient (Wildman–Crippen LogP) is 0.547. The van der Waals surface area contributed by atoms with Crippen molar-refractivity contribution in [3.8, 4) is 0 Å². The van der Waals surface area contributed by atoms with Crippen LogP contribution in [0.4, 0.5) is 0 Å². The third kappa shape index (κ3) is 8.14. The molecule has 0 aromatic carbocycles. The van der Waals surface area contributed by atoms with E-state index in [0.717, 1.165) is 63.7 Å². The Bertz CT molecular complexity index is 854. The second-order valence-corrected chi connectivity index (χ2v) is 8.06. The molecule has 0 aliphatic carbocycles. The van der Waals surface area contributed by atoms with Crippen LogP contribution in [0.5, 0.6) is 0 Å². The molecule has 2 aromatic heterocycles. The summed E-state index contributed by atoms with van der Waals surface area (Å²) in [5.41, 5.74) is 2.36. The van der Waals surface area contributed by atoms with Gasteiger partial charge in [-0.3, -0.25) is 9.80 Å². The lowest BCUT2D eigenvalue weighted by molar-refractivity contribution is 0.0585. The number of nitrogens with zero attached hydrogens (tertiary/aromatic N) is 4. The van der Waals surface area contributed by atoms with E-state index in [2.05, 4.69) is 30.4 Å². The Morgan fingerprint density at radius 2 is 1.12 bits per heavy atom. The standard InChI is InChI=1S/C24H34N6O4/c1-33-23(31)21-7-3-5-19(27-21)17-29-13-9-25-11-15-30(16-12-26-10-14-29)18-20-6-4-8-22(28-20)24(32)34-2/h3-8,25-26H,9-18H2,1-2H3. The number of rotatable bonds is 6. The topological polar surface area (TPSA) is 109 Å². The average molecular weight is 471 g/mol. The van der Waals surface area contributed by atoms with Gasteiger partial charge in [-0.1, -0.05) is 12.1 Å². The number of carbonyl (C=O) groups excluding carboxylic acids is 2. The Kier molecular flexibility index (Phi) is 10.4. The van der Waals surface area contributed by atoms with Crippen LogP contribution in [-0.4, -0.2) is 98.3 Å². The molecule has 1 aliphatic heterocycles. The van der Waals surface area contributed by atoms with Crippen LogP contribution in [-0.2, 0) is 22.6 Å². The minimum atomic E-state index is -0.421. The maximum absolute atomic E-state index is 11.8. The van der Waals surface area contributed by atoms with Gasteiger partial charge in [-0.05, 0) is 24.3 Å². The molecule has 3 heterocycles. The molecule has 0 atom stereocenters. The summed E-state index contributed by atoms with van der Waals surface area (Å²) >= 11 is 0. The first-order valence-corrected chi connectivity index (χ1v) is 11.5. The lowest BCUT2D eigenvalue weighted by Gasteiger charge is -2.26. The Morgan fingerprint density at radius 3 is 1.47 bits per heavy atom. The molecule has 2 N–H and O–H groups in total. The number of hydrogen-bond donors (Lipinski definition) is 2. The first kappa shape index (κ1) is 25.7. The number of hydrogen-bond acceptors (Lipinski definition) is 10. The minimum absolute atomic E-state index is 0.331. The fourth-order valence-corrected chi connectivity index (χ4v) is 3.77. The molecule has 0 radical (unpaired) electrons. The van der Waals surface area contributed by atoms with Crippen LogP contribution in [0.3, 0.4) is 0 Å². The van der Waals surface area contributed by atoms with Crippen molar-refractivity contribution in [2.75, 3.05) is 66.6 Å². The van der Waals surface area contributed by atoms with Crippen LogP contribution < -0.4 is 10.6 Å². The largest absolute Gasteiger partial charge is 0.464 e. The van der Waals surface area contributed by atoms with Crippen LogP contribution in [0.2, 0.25) is 0 Å². The molecule has 0 unspecified atom stereocenters. The molecular weight excluding hydrogens is 436 g/mol. The minimum Gasteiger partial charge on any atom is -0.464 e. The summed E-state index contributed by atoms with van der Waals surface area (Å²) in [6, 6.07) is 10.9. The van der Waals surface area contributed by atoms with E-state index in [1.807, 2.05) is 24.3 Å². The Morgan fingerprint density at radius 1 is 0.735 bits per heavy atom. The molecular formula is C24H34N6O4. The zero-order valence-corrected chi connectivity index (χ0v) is 20.0. The highest BCUT2D eigenvalue weighted by molar-refractivity contribution is 5.87. The van der Waals surface area contributed by atoms with Crippen LogP contribution >= 0.6 is 0 Å². The van der Waals surface area contributed by atoms with Crippen LogP contribution in [0.15, 0.2) is 36.4 Å². The van der Waals surface area contributed by atoms with E-state index in [0.29, 0.717) is 24.5 Å². The van der Waals surface area contributed by atoms with Gasteiger partial charge in [0.05, 0.1) is 25.6 Å². The number of carbonyl (C=O) groups is 2. The average Bonchev–Trinajstić information content (AvgIpc) is 2.86. The van der Waals surface area contributed by atoms with Gasteiger partial charge in [0.1, 0.15) is 11.4 Å². The smallest absolute Gasteiger partial charge is 0.356 e. The van der Waals surface area contributed by atoms with E-state index in [4.69, 9.17) is 9.47 Å². The van der Waals surface area contributed by atoms with Crippen molar-refractivity contribution in [3.63, 3.8) is 0 Å². The third-order valence-electron chi connectivity index (χ3n) is 5.59. The third-order valence-corrected chi connectivity index (χ3v) is 5.59. The SMILES string of the molecule is COC(=O)c1cccc(CN2CCNCCN(Cc3cccc(C(=O)OC)n3)CCNCC2)n1. The molecule has 10 nitrogen and oxygen atoms in total. The van der Waals surface area contributed by atoms with Gasteiger partial charge in [-0.25, -0.2) is 19.6 Å².